The van der Waals surface area contributed by atoms with Crippen LogP contribution in [0.15, 0.2) is 0 Å². The maximum atomic E-state index is 12.0. The third kappa shape index (κ3) is 3.09. The van der Waals surface area contributed by atoms with Gasteiger partial charge in [-0.15, -0.1) is 0 Å². The highest BCUT2D eigenvalue weighted by molar-refractivity contribution is 5.82. The highest BCUT2D eigenvalue weighted by Gasteiger charge is 2.45. The fourth-order valence-corrected chi connectivity index (χ4v) is 1.52. The number of carbonyl (C=O) groups is 2. The van der Waals surface area contributed by atoms with Crippen molar-refractivity contribution >= 4 is 11.9 Å². The number of rotatable bonds is 2. The van der Waals surface area contributed by atoms with Gasteiger partial charge in [0.05, 0.1) is 12.0 Å². The average molecular weight is 272 g/mol. The van der Waals surface area contributed by atoms with Crippen LogP contribution in [0.3, 0.4) is 0 Å². The zero-order valence-electron chi connectivity index (χ0n) is 8.81. The van der Waals surface area contributed by atoms with Crippen molar-refractivity contribution < 1.29 is 38.1 Å². The Morgan fingerprint density at radius 3 is 2.22 bits per heavy atom. The number of nitrogens with one attached hydrogen (secondary N) is 2. The minimum absolute atomic E-state index is 0.379. The molecule has 1 amide bonds. The fourth-order valence-electron chi connectivity index (χ4n) is 1.52. The Bertz CT molecular complexity index is 348. The van der Waals surface area contributed by atoms with E-state index in [1.165, 1.54) is 5.32 Å². The van der Waals surface area contributed by atoms with E-state index < -0.39 is 42.3 Å². The SMILES string of the molecule is O=C(O)[C@@H]1CN[C@@H](NC(=O)C(F)(F)F)[C@H](O)[C@@H]1O. The molecule has 0 aromatic carbocycles. The zero-order chi connectivity index (χ0) is 14.1. The van der Waals surface area contributed by atoms with Crippen molar-refractivity contribution in [2.24, 2.45) is 5.92 Å². The van der Waals surface area contributed by atoms with E-state index >= 15 is 0 Å². The maximum Gasteiger partial charge on any atom is 0.471 e. The van der Waals surface area contributed by atoms with Crippen LogP contribution in [0.1, 0.15) is 0 Å². The Morgan fingerprint density at radius 1 is 1.22 bits per heavy atom. The summed E-state index contributed by atoms with van der Waals surface area (Å²) >= 11 is 0. The first kappa shape index (κ1) is 14.7. The molecule has 0 spiro atoms. The lowest BCUT2D eigenvalue weighted by molar-refractivity contribution is -0.177. The third-order valence-corrected chi connectivity index (χ3v) is 2.52. The Balaban J connectivity index is 2.67. The van der Waals surface area contributed by atoms with E-state index in [2.05, 4.69) is 5.32 Å². The molecule has 0 aromatic rings. The number of halogens is 3. The van der Waals surface area contributed by atoms with Crippen molar-refractivity contribution in [3.63, 3.8) is 0 Å². The van der Waals surface area contributed by atoms with E-state index in [9.17, 15) is 33.0 Å². The van der Waals surface area contributed by atoms with Gasteiger partial charge in [0.2, 0.25) is 0 Å². The Hall–Kier alpha value is -1.39. The largest absolute Gasteiger partial charge is 0.481 e. The molecule has 0 aromatic heterocycles. The lowest BCUT2D eigenvalue weighted by Gasteiger charge is -2.36. The van der Waals surface area contributed by atoms with Gasteiger partial charge in [-0.3, -0.25) is 14.9 Å². The molecule has 1 heterocycles. The molecule has 5 N–H and O–H groups in total. The van der Waals surface area contributed by atoms with Gasteiger partial charge in [-0.2, -0.15) is 13.2 Å². The number of carboxylic acids is 1. The first-order valence-electron chi connectivity index (χ1n) is 4.84. The molecular formula is C8H11F3N2O5. The van der Waals surface area contributed by atoms with Gasteiger partial charge >= 0.3 is 18.1 Å². The van der Waals surface area contributed by atoms with Gasteiger partial charge in [-0.25, -0.2) is 0 Å². The maximum absolute atomic E-state index is 12.0. The first-order chi connectivity index (χ1) is 8.14. The quantitative estimate of drug-likeness (QED) is 0.397. The topological polar surface area (TPSA) is 119 Å². The molecule has 0 saturated carbocycles. The lowest BCUT2D eigenvalue weighted by Crippen LogP contribution is -2.66. The predicted octanol–water partition coefficient (Wildman–Crippen LogP) is -1.98. The van der Waals surface area contributed by atoms with E-state index in [0.29, 0.717) is 0 Å². The first-order valence-corrected chi connectivity index (χ1v) is 4.84. The zero-order valence-corrected chi connectivity index (χ0v) is 8.81. The molecule has 10 heteroatoms. The molecule has 4 atom stereocenters. The number of aliphatic hydroxyl groups excluding tert-OH is 2. The molecule has 1 rings (SSSR count). The fraction of sp³-hybridized carbons (Fsp3) is 0.750. The summed E-state index contributed by atoms with van der Waals surface area (Å²) in [5.74, 6) is -5.06. The van der Waals surface area contributed by atoms with Gasteiger partial charge in [0.25, 0.3) is 0 Å². The standard InChI is InChI=1S/C8H11F3N2O5/c9-8(10,11)7(18)13-5-4(15)3(14)2(1-12-5)6(16)17/h2-5,12,14-15H,1H2,(H,13,18)(H,16,17)/t2-,3-,4-,5+/m1/s1. The van der Waals surface area contributed by atoms with Crippen LogP contribution in [0.5, 0.6) is 0 Å². The van der Waals surface area contributed by atoms with Crippen molar-refractivity contribution in [3.8, 4) is 0 Å². The molecule has 1 saturated heterocycles. The van der Waals surface area contributed by atoms with Gasteiger partial charge in [0, 0.05) is 6.54 Å². The van der Waals surface area contributed by atoms with Crippen LogP contribution in [0, 0.1) is 5.92 Å². The number of hydrogen-bond acceptors (Lipinski definition) is 5. The molecule has 0 bridgehead atoms. The molecule has 1 fully saturated rings. The third-order valence-electron chi connectivity index (χ3n) is 2.52. The summed E-state index contributed by atoms with van der Waals surface area (Å²) in [6.45, 7) is -0.379. The Kier molecular flexibility index (Phi) is 4.14. The molecule has 0 aliphatic carbocycles. The summed E-state index contributed by atoms with van der Waals surface area (Å²) in [4.78, 5) is 21.2. The van der Waals surface area contributed by atoms with E-state index in [-0.39, 0.29) is 6.54 Å². The number of aliphatic hydroxyl groups is 2. The summed E-state index contributed by atoms with van der Waals surface area (Å²) in [5, 5.41) is 31.1. The Labute approximate surface area is 98.6 Å². The number of alkyl halides is 3. The summed E-state index contributed by atoms with van der Waals surface area (Å²) in [6, 6.07) is 0. The smallest absolute Gasteiger partial charge is 0.471 e. The van der Waals surface area contributed by atoms with Gasteiger partial charge < -0.3 is 20.6 Å². The van der Waals surface area contributed by atoms with Gasteiger partial charge in [-0.05, 0) is 0 Å². The molecule has 0 radical (unpaired) electrons. The second-order valence-electron chi connectivity index (χ2n) is 3.78. The van der Waals surface area contributed by atoms with Crippen molar-refractivity contribution in [2.75, 3.05) is 6.54 Å². The number of piperidine rings is 1. The summed E-state index contributed by atoms with van der Waals surface area (Å²) < 4.78 is 35.9. The number of hydrogen-bond donors (Lipinski definition) is 5. The van der Waals surface area contributed by atoms with Gasteiger partial charge in [0.15, 0.2) is 0 Å². The molecule has 1 aliphatic heterocycles. The van der Waals surface area contributed by atoms with Crippen LogP contribution in [0.4, 0.5) is 13.2 Å². The molecule has 7 nitrogen and oxygen atoms in total. The van der Waals surface area contributed by atoms with Crippen molar-refractivity contribution in [1.82, 2.24) is 10.6 Å². The van der Waals surface area contributed by atoms with Gasteiger partial charge in [0.1, 0.15) is 12.3 Å². The normalized spacial score (nSPS) is 32.9. The van der Waals surface area contributed by atoms with Crippen LogP contribution in [-0.2, 0) is 9.59 Å². The number of amides is 1. The van der Waals surface area contributed by atoms with Crippen molar-refractivity contribution in [3.05, 3.63) is 0 Å². The van der Waals surface area contributed by atoms with E-state index in [4.69, 9.17) is 5.11 Å². The van der Waals surface area contributed by atoms with E-state index in [1.54, 1.807) is 0 Å². The lowest BCUT2D eigenvalue weighted by atomic mass is 9.92. The second-order valence-corrected chi connectivity index (χ2v) is 3.78. The van der Waals surface area contributed by atoms with E-state index in [1.807, 2.05) is 0 Å². The average Bonchev–Trinajstić information content (AvgIpc) is 2.22. The monoisotopic (exact) mass is 272 g/mol. The van der Waals surface area contributed by atoms with Crippen LogP contribution < -0.4 is 10.6 Å². The van der Waals surface area contributed by atoms with Crippen LogP contribution in [0.25, 0.3) is 0 Å². The molecule has 1 aliphatic rings. The van der Waals surface area contributed by atoms with E-state index in [0.717, 1.165) is 0 Å². The predicted molar refractivity (Wildman–Crippen MR) is 49.1 cm³/mol. The summed E-state index contributed by atoms with van der Waals surface area (Å²) in [7, 11) is 0. The van der Waals surface area contributed by atoms with Crippen LogP contribution >= 0.6 is 0 Å². The summed E-state index contributed by atoms with van der Waals surface area (Å²) in [5.41, 5.74) is 0. The minimum atomic E-state index is -5.13. The van der Waals surface area contributed by atoms with Crippen molar-refractivity contribution in [2.45, 2.75) is 24.6 Å². The Morgan fingerprint density at radius 2 is 1.78 bits per heavy atom. The number of aliphatic carboxylic acids is 1. The summed E-state index contributed by atoms with van der Waals surface area (Å²) in [6.07, 6.45) is -10.3. The second kappa shape index (κ2) is 5.08. The molecule has 0 unspecified atom stereocenters. The van der Waals surface area contributed by atoms with Crippen LogP contribution in [-0.4, -0.2) is 58.3 Å². The highest BCUT2D eigenvalue weighted by Crippen LogP contribution is 2.18. The van der Waals surface area contributed by atoms with Crippen molar-refractivity contribution in [1.29, 1.82) is 0 Å². The molecular weight excluding hydrogens is 261 g/mol. The highest BCUT2D eigenvalue weighted by atomic mass is 19.4. The number of carboxylic acid groups (broad SMARTS) is 1. The minimum Gasteiger partial charge on any atom is -0.481 e. The molecule has 104 valence electrons. The number of carbonyl (C=O) groups excluding carboxylic acids is 1. The van der Waals surface area contributed by atoms with Crippen LogP contribution in [0.2, 0.25) is 0 Å². The van der Waals surface area contributed by atoms with Gasteiger partial charge in [-0.1, -0.05) is 0 Å². The molecule has 18 heavy (non-hydrogen) atoms.